The number of benzene rings is 1. The number of aromatic nitrogens is 7. The standard InChI is InChI=1S/C25H20FN9O2/c1-25(15-7-3-2-4-8-15,23(36)28-13-16-9-5-11-19(26)30-16)35-22-17(14-29-35)21-31-20(18-10-6-12-37-18)33-34(21)24(27)32-22/h2-12,14H,13H2,1H3,(H2,27,32)(H,28,36). The van der Waals surface area contributed by atoms with Crippen LogP contribution in [0.25, 0.3) is 28.3 Å². The molecule has 1 amide bonds. The lowest BCUT2D eigenvalue weighted by Gasteiger charge is -2.29. The number of carbonyl (C=O) groups excluding carboxylic acids is 1. The monoisotopic (exact) mass is 497 g/mol. The van der Waals surface area contributed by atoms with Gasteiger partial charge in [-0.3, -0.25) is 4.79 Å². The molecule has 1 aromatic carbocycles. The van der Waals surface area contributed by atoms with Crippen molar-refractivity contribution in [1.82, 2.24) is 39.7 Å². The van der Waals surface area contributed by atoms with E-state index >= 15 is 0 Å². The molecule has 5 heterocycles. The lowest BCUT2D eigenvalue weighted by molar-refractivity contribution is -0.127. The number of nitrogens with one attached hydrogen (secondary N) is 1. The minimum absolute atomic E-state index is 0.0225. The Hall–Kier alpha value is -5.13. The first kappa shape index (κ1) is 22.3. The van der Waals surface area contributed by atoms with Gasteiger partial charge in [-0.05, 0) is 36.8 Å². The van der Waals surface area contributed by atoms with Gasteiger partial charge in [-0.15, -0.1) is 5.10 Å². The predicted octanol–water partition coefficient (Wildman–Crippen LogP) is 2.93. The summed E-state index contributed by atoms with van der Waals surface area (Å²) in [6.07, 6.45) is 3.10. The number of carbonyl (C=O) groups is 1. The summed E-state index contributed by atoms with van der Waals surface area (Å²) in [7, 11) is 0. The van der Waals surface area contributed by atoms with E-state index in [9.17, 15) is 9.18 Å². The molecule has 3 N–H and O–H groups in total. The molecule has 6 aromatic rings. The van der Waals surface area contributed by atoms with E-state index in [0.717, 1.165) is 0 Å². The third kappa shape index (κ3) is 3.66. The van der Waals surface area contributed by atoms with Crippen molar-refractivity contribution in [2.75, 3.05) is 5.73 Å². The van der Waals surface area contributed by atoms with Gasteiger partial charge in [-0.2, -0.15) is 19.0 Å². The van der Waals surface area contributed by atoms with Crippen LogP contribution >= 0.6 is 0 Å². The minimum Gasteiger partial charge on any atom is -0.461 e. The highest BCUT2D eigenvalue weighted by Gasteiger charge is 2.40. The Balaban J connectivity index is 1.48. The summed E-state index contributed by atoms with van der Waals surface area (Å²) in [5.74, 6) is -0.142. The number of rotatable bonds is 6. The highest BCUT2D eigenvalue weighted by Crippen LogP contribution is 2.31. The van der Waals surface area contributed by atoms with E-state index < -0.39 is 17.4 Å². The van der Waals surface area contributed by atoms with Crippen molar-refractivity contribution in [2.24, 2.45) is 0 Å². The van der Waals surface area contributed by atoms with Crippen molar-refractivity contribution < 1.29 is 13.6 Å². The highest BCUT2D eigenvalue weighted by molar-refractivity contribution is 5.94. The van der Waals surface area contributed by atoms with Crippen molar-refractivity contribution >= 4 is 28.5 Å². The molecule has 0 aliphatic rings. The maximum absolute atomic E-state index is 13.8. The molecule has 0 fully saturated rings. The third-order valence-electron chi connectivity index (χ3n) is 6.18. The summed E-state index contributed by atoms with van der Waals surface area (Å²) in [6, 6.07) is 17.0. The van der Waals surface area contributed by atoms with Crippen LogP contribution in [-0.4, -0.2) is 40.3 Å². The molecule has 184 valence electrons. The van der Waals surface area contributed by atoms with Crippen LogP contribution in [-0.2, 0) is 16.9 Å². The first-order chi connectivity index (χ1) is 17.9. The lowest BCUT2D eigenvalue weighted by atomic mass is 9.91. The van der Waals surface area contributed by atoms with Crippen LogP contribution in [0, 0.1) is 5.95 Å². The van der Waals surface area contributed by atoms with E-state index in [2.05, 4.69) is 30.5 Å². The highest BCUT2D eigenvalue weighted by atomic mass is 19.1. The molecule has 6 rings (SSSR count). The van der Waals surface area contributed by atoms with Gasteiger partial charge in [0, 0.05) is 0 Å². The molecule has 0 saturated heterocycles. The van der Waals surface area contributed by atoms with Crippen LogP contribution < -0.4 is 11.1 Å². The van der Waals surface area contributed by atoms with Gasteiger partial charge < -0.3 is 15.5 Å². The van der Waals surface area contributed by atoms with E-state index in [1.165, 1.54) is 27.6 Å². The molecule has 12 heteroatoms. The van der Waals surface area contributed by atoms with Crippen molar-refractivity contribution in [3.63, 3.8) is 0 Å². The van der Waals surface area contributed by atoms with Crippen LogP contribution in [0.1, 0.15) is 18.2 Å². The number of amides is 1. The molecule has 37 heavy (non-hydrogen) atoms. The summed E-state index contributed by atoms with van der Waals surface area (Å²) in [6.45, 7) is 1.75. The summed E-state index contributed by atoms with van der Waals surface area (Å²) in [5, 5.41) is 12.4. The van der Waals surface area contributed by atoms with Crippen LogP contribution in [0.4, 0.5) is 10.3 Å². The van der Waals surface area contributed by atoms with Gasteiger partial charge in [-0.25, -0.2) is 14.6 Å². The Morgan fingerprint density at radius 2 is 1.89 bits per heavy atom. The van der Waals surface area contributed by atoms with Gasteiger partial charge in [-0.1, -0.05) is 36.4 Å². The molecule has 1 unspecified atom stereocenters. The van der Waals surface area contributed by atoms with Gasteiger partial charge in [0.2, 0.25) is 17.7 Å². The first-order valence-corrected chi connectivity index (χ1v) is 11.3. The van der Waals surface area contributed by atoms with Crippen molar-refractivity contribution in [3.8, 4) is 11.6 Å². The fraction of sp³-hybridized carbons (Fsp3) is 0.120. The third-order valence-corrected chi connectivity index (χ3v) is 6.18. The van der Waals surface area contributed by atoms with Gasteiger partial charge in [0.1, 0.15) is 0 Å². The van der Waals surface area contributed by atoms with Crippen LogP contribution in [0.3, 0.4) is 0 Å². The molecule has 0 aliphatic carbocycles. The molecular weight excluding hydrogens is 477 g/mol. The number of nitrogen functional groups attached to an aromatic ring is 1. The number of hydrogen-bond acceptors (Lipinski definition) is 8. The summed E-state index contributed by atoms with van der Waals surface area (Å²) < 4.78 is 21.9. The van der Waals surface area contributed by atoms with E-state index in [0.29, 0.717) is 39.5 Å². The number of furan rings is 1. The van der Waals surface area contributed by atoms with E-state index in [-0.39, 0.29) is 12.5 Å². The Morgan fingerprint density at radius 3 is 2.65 bits per heavy atom. The number of hydrogen-bond donors (Lipinski definition) is 2. The number of pyridine rings is 1. The summed E-state index contributed by atoms with van der Waals surface area (Å²) in [5.41, 5.74) is 6.70. The number of nitrogens with two attached hydrogens (primary N) is 1. The topological polar surface area (TPSA) is 142 Å². The Bertz CT molecular complexity index is 1740. The second-order valence-electron chi connectivity index (χ2n) is 8.48. The average molecular weight is 497 g/mol. The Kier molecular flexibility index (Phi) is 5.14. The van der Waals surface area contributed by atoms with Crippen LogP contribution in [0.2, 0.25) is 0 Å². The predicted molar refractivity (Wildman–Crippen MR) is 131 cm³/mol. The number of halogens is 1. The molecule has 0 radical (unpaired) electrons. The number of nitrogens with zero attached hydrogens (tertiary/aromatic N) is 7. The van der Waals surface area contributed by atoms with Crippen molar-refractivity contribution in [2.45, 2.75) is 19.0 Å². The fourth-order valence-electron chi connectivity index (χ4n) is 4.25. The van der Waals surface area contributed by atoms with E-state index in [1.54, 1.807) is 31.3 Å². The molecule has 5 aromatic heterocycles. The largest absolute Gasteiger partial charge is 0.461 e. The quantitative estimate of drug-likeness (QED) is 0.335. The molecule has 0 saturated carbocycles. The number of fused-ring (bicyclic) bond motifs is 3. The minimum atomic E-state index is -1.35. The van der Waals surface area contributed by atoms with Gasteiger partial charge >= 0.3 is 0 Å². The molecule has 1 atom stereocenters. The van der Waals surface area contributed by atoms with Crippen molar-refractivity contribution in [3.05, 3.63) is 90.3 Å². The van der Waals surface area contributed by atoms with E-state index in [1.807, 2.05) is 30.3 Å². The summed E-state index contributed by atoms with van der Waals surface area (Å²) in [4.78, 5) is 26.7. The average Bonchev–Trinajstić information content (AvgIpc) is 3.67. The maximum Gasteiger partial charge on any atom is 0.252 e. The zero-order chi connectivity index (χ0) is 25.6. The van der Waals surface area contributed by atoms with E-state index in [4.69, 9.17) is 10.2 Å². The molecule has 0 spiro atoms. The molecule has 0 aliphatic heterocycles. The SMILES string of the molecule is CC(C(=O)NCc1cccc(F)n1)(c1ccccc1)n1ncc2c1nc(N)n1nc(-c3ccco3)nc21. The first-order valence-electron chi connectivity index (χ1n) is 11.3. The van der Waals surface area contributed by atoms with Gasteiger partial charge in [0.15, 0.2) is 22.6 Å². The normalized spacial score (nSPS) is 13.1. The van der Waals surface area contributed by atoms with Gasteiger partial charge in [0.25, 0.3) is 5.91 Å². The maximum atomic E-state index is 13.8. The van der Waals surface area contributed by atoms with Gasteiger partial charge in [0.05, 0.1) is 30.1 Å². The second-order valence-corrected chi connectivity index (χ2v) is 8.48. The molecule has 11 nitrogen and oxygen atoms in total. The molecule has 0 bridgehead atoms. The zero-order valence-electron chi connectivity index (χ0n) is 19.5. The van der Waals surface area contributed by atoms with Crippen molar-refractivity contribution in [1.29, 1.82) is 0 Å². The second kappa shape index (κ2) is 8.52. The number of anilines is 1. The lowest BCUT2D eigenvalue weighted by Crippen LogP contribution is -2.48. The van der Waals surface area contributed by atoms with Crippen LogP contribution in [0.15, 0.2) is 77.5 Å². The Morgan fingerprint density at radius 1 is 1.05 bits per heavy atom. The summed E-state index contributed by atoms with van der Waals surface area (Å²) >= 11 is 0. The van der Waals surface area contributed by atoms with Crippen LogP contribution in [0.5, 0.6) is 0 Å². The molecular formula is C25H20FN9O2. The zero-order valence-corrected chi connectivity index (χ0v) is 19.5. The fourth-order valence-corrected chi connectivity index (χ4v) is 4.25. The Labute approximate surface area is 208 Å². The smallest absolute Gasteiger partial charge is 0.252 e.